The molecule has 2 aromatic rings. The molecule has 0 saturated heterocycles. The number of hydrogen-bond acceptors (Lipinski definition) is 5. The third kappa shape index (κ3) is 4.59. The average Bonchev–Trinajstić information content (AvgIpc) is 2.89. The summed E-state index contributed by atoms with van der Waals surface area (Å²) in [6.45, 7) is 6.83. The quantitative estimate of drug-likeness (QED) is 0.608. The number of H-pyrrole nitrogens is 1. The van der Waals surface area contributed by atoms with E-state index < -0.39 is 24.3 Å². The number of benzene rings is 1. The summed E-state index contributed by atoms with van der Waals surface area (Å²) in [6, 6.07) is 7.50. The lowest BCUT2D eigenvalue weighted by atomic mass is 10.1. The van der Waals surface area contributed by atoms with Crippen molar-refractivity contribution in [3.8, 4) is 0 Å². The Morgan fingerprint density at radius 3 is 2.15 bits per heavy atom. The fourth-order valence-electron chi connectivity index (χ4n) is 2.73. The van der Waals surface area contributed by atoms with Crippen LogP contribution < -0.4 is 0 Å². The number of ether oxygens (including phenoxy) is 2. The molecule has 0 spiro atoms. The highest BCUT2D eigenvalue weighted by atomic mass is 16.5. The number of esters is 2. The molecular formula is C20H23NO5. The first-order valence-electron chi connectivity index (χ1n) is 8.44. The topological polar surface area (TPSA) is 85.5 Å². The molecule has 0 amide bonds. The zero-order chi connectivity index (χ0) is 19.3. The molecule has 0 atom stereocenters. The molecular weight excluding hydrogens is 334 g/mol. The number of rotatable bonds is 7. The van der Waals surface area contributed by atoms with Gasteiger partial charge in [0, 0.05) is 11.4 Å². The second kappa shape index (κ2) is 8.47. The molecule has 0 radical (unpaired) electrons. The fourth-order valence-corrected chi connectivity index (χ4v) is 2.73. The van der Waals surface area contributed by atoms with Crippen LogP contribution in [0.25, 0.3) is 0 Å². The second-order valence-electron chi connectivity index (χ2n) is 6.09. The Bertz CT molecular complexity index is 817. The standard InChI is InChI=1S/C20H23NO5/c1-5-25-20(24)19-14(4)21-13(3)18(19)16(22)11-26-17(23)10-15-8-6-12(2)7-9-15/h6-9,21H,5,10-11H2,1-4H3. The van der Waals surface area contributed by atoms with Gasteiger partial charge in [0.25, 0.3) is 0 Å². The molecule has 6 heteroatoms. The van der Waals surface area contributed by atoms with Gasteiger partial charge in [-0.25, -0.2) is 4.79 Å². The smallest absolute Gasteiger partial charge is 0.340 e. The van der Waals surface area contributed by atoms with E-state index in [9.17, 15) is 14.4 Å². The van der Waals surface area contributed by atoms with Crippen molar-refractivity contribution in [3.05, 3.63) is 57.9 Å². The largest absolute Gasteiger partial charge is 0.462 e. The normalized spacial score (nSPS) is 10.5. The number of aryl methyl sites for hydroxylation is 3. The summed E-state index contributed by atoms with van der Waals surface area (Å²) in [4.78, 5) is 39.6. The van der Waals surface area contributed by atoms with E-state index in [4.69, 9.17) is 9.47 Å². The minimum atomic E-state index is -0.566. The molecule has 2 rings (SSSR count). The minimum Gasteiger partial charge on any atom is -0.462 e. The highest BCUT2D eigenvalue weighted by Gasteiger charge is 2.26. The molecule has 0 bridgehead atoms. The SMILES string of the molecule is CCOC(=O)c1c(C)[nH]c(C)c1C(=O)COC(=O)Cc1ccc(C)cc1. The minimum absolute atomic E-state index is 0.0867. The van der Waals surface area contributed by atoms with Gasteiger partial charge in [0.05, 0.1) is 24.2 Å². The number of carbonyl (C=O) groups excluding carboxylic acids is 3. The van der Waals surface area contributed by atoms with Gasteiger partial charge in [0.1, 0.15) is 0 Å². The van der Waals surface area contributed by atoms with Crippen molar-refractivity contribution < 1.29 is 23.9 Å². The molecule has 0 aliphatic rings. The van der Waals surface area contributed by atoms with Crippen LogP contribution in [0.5, 0.6) is 0 Å². The van der Waals surface area contributed by atoms with Crippen molar-refractivity contribution in [1.82, 2.24) is 4.98 Å². The third-order valence-corrected chi connectivity index (χ3v) is 3.97. The van der Waals surface area contributed by atoms with E-state index in [1.165, 1.54) is 0 Å². The van der Waals surface area contributed by atoms with E-state index in [1.807, 2.05) is 31.2 Å². The Morgan fingerprint density at radius 2 is 1.54 bits per heavy atom. The zero-order valence-corrected chi connectivity index (χ0v) is 15.5. The van der Waals surface area contributed by atoms with Gasteiger partial charge in [0.15, 0.2) is 6.61 Å². The molecule has 0 unspecified atom stereocenters. The number of aromatic amines is 1. The fraction of sp³-hybridized carbons (Fsp3) is 0.350. The molecule has 0 aliphatic carbocycles. The van der Waals surface area contributed by atoms with Crippen LogP contribution in [0.2, 0.25) is 0 Å². The molecule has 1 aromatic carbocycles. The van der Waals surface area contributed by atoms with Crippen molar-refractivity contribution in [2.45, 2.75) is 34.1 Å². The van der Waals surface area contributed by atoms with Crippen LogP contribution in [-0.4, -0.2) is 35.9 Å². The van der Waals surface area contributed by atoms with E-state index in [0.29, 0.717) is 11.4 Å². The average molecular weight is 357 g/mol. The van der Waals surface area contributed by atoms with Crippen LogP contribution in [-0.2, 0) is 20.7 Å². The van der Waals surface area contributed by atoms with E-state index in [2.05, 4.69) is 4.98 Å². The monoisotopic (exact) mass is 357 g/mol. The second-order valence-corrected chi connectivity index (χ2v) is 6.09. The zero-order valence-electron chi connectivity index (χ0n) is 15.5. The van der Waals surface area contributed by atoms with Crippen LogP contribution in [0, 0.1) is 20.8 Å². The van der Waals surface area contributed by atoms with Gasteiger partial charge in [-0.2, -0.15) is 0 Å². The Labute approximate surface area is 152 Å². The first-order valence-corrected chi connectivity index (χ1v) is 8.44. The highest BCUT2D eigenvalue weighted by Crippen LogP contribution is 2.20. The summed E-state index contributed by atoms with van der Waals surface area (Å²) in [5, 5.41) is 0. The van der Waals surface area contributed by atoms with Crippen molar-refractivity contribution in [3.63, 3.8) is 0 Å². The number of aromatic nitrogens is 1. The molecule has 1 N–H and O–H groups in total. The number of hydrogen-bond donors (Lipinski definition) is 1. The molecule has 1 heterocycles. The number of nitrogens with one attached hydrogen (secondary N) is 1. The Kier molecular flexibility index (Phi) is 6.33. The maximum Gasteiger partial charge on any atom is 0.340 e. The van der Waals surface area contributed by atoms with Crippen molar-refractivity contribution >= 4 is 17.7 Å². The predicted molar refractivity (Wildman–Crippen MR) is 96.4 cm³/mol. The lowest BCUT2D eigenvalue weighted by Crippen LogP contribution is -2.19. The predicted octanol–water partition coefficient (Wildman–Crippen LogP) is 3.09. The summed E-state index contributed by atoms with van der Waals surface area (Å²) in [6.07, 6.45) is 0.0867. The van der Waals surface area contributed by atoms with Crippen LogP contribution >= 0.6 is 0 Å². The Hall–Kier alpha value is -2.89. The van der Waals surface area contributed by atoms with E-state index in [-0.39, 0.29) is 24.2 Å². The number of ketones is 1. The van der Waals surface area contributed by atoms with Gasteiger partial charge < -0.3 is 14.5 Å². The summed E-state index contributed by atoms with van der Waals surface area (Å²) in [5.74, 6) is -1.50. The molecule has 26 heavy (non-hydrogen) atoms. The van der Waals surface area contributed by atoms with Gasteiger partial charge in [-0.15, -0.1) is 0 Å². The maximum atomic E-state index is 12.5. The first-order chi connectivity index (χ1) is 12.3. The van der Waals surface area contributed by atoms with Gasteiger partial charge in [-0.1, -0.05) is 29.8 Å². The lowest BCUT2D eigenvalue weighted by Gasteiger charge is -2.07. The Balaban J connectivity index is 2.04. The van der Waals surface area contributed by atoms with Gasteiger partial charge in [0.2, 0.25) is 5.78 Å². The van der Waals surface area contributed by atoms with Crippen LogP contribution in [0.3, 0.4) is 0 Å². The summed E-state index contributed by atoms with van der Waals surface area (Å²) in [7, 11) is 0. The van der Waals surface area contributed by atoms with Crippen LogP contribution in [0.4, 0.5) is 0 Å². The molecule has 138 valence electrons. The summed E-state index contributed by atoms with van der Waals surface area (Å²) >= 11 is 0. The highest BCUT2D eigenvalue weighted by molar-refractivity contribution is 6.09. The Morgan fingerprint density at radius 1 is 0.923 bits per heavy atom. The van der Waals surface area contributed by atoms with Crippen molar-refractivity contribution in [2.24, 2.45) is 0 Å². The van der Waals surface area contributed by atoms with Gasteiger partial charge >= 0.3 is 11.9 Å². The van der Waals surface area contributed by atoms with E-state index in [1.54, 1.807) is 20.8 Å². The summed E-state index contributed by atoms with van der Waals surface area (Å²) < 4.78 is 10.1. The molecule has 6 nitrogen and oxygen atoms in total. The van der Waals surface area contributed by atoms with Crippen LogP contribution in [0.15, 0.2) is 24.3 Å². The summed E-state index contributed by atoms with van der Waals surface area (Å²) in [5.41, 5.74) is 3.42. The molecule has 1 aromatic heterocycles. The van der Waals surface area contributed by atoms with Gasteiger partial charge in [-0.3, -0.25) is 9.59 Å². The lowest BCUT2D eigenvalue weighted by molar-refractivity contribution is -0.141. The maximum absolute atomic E-state index is 12.5. The number of carbonyl (C=O) groups is 3. The van der Waals surface area contributed by atoms with E-state index in [0.717, 1.165) is 11.1 Å². The van der Waals surface area contributed by atoms with E-state index >= 15 is 0 Å². The van der Waals surface area contributed by atoms with Crippen LogP contribution in [0.1, 0.15) is 50.2 Å². The van der Waals surface area contributed by atoms with Crippen molar-refractivity contribution in [1.29, 1.82) is 0 Å². The first kappa shape index (κ1) is 19.4. The number of Topliss-reactive ketones (excluding diaryl/α,β-unsaturated/α-hetero) is 1. The molecule has 0 saturated carbocycles. The van der Waals surface area contributed by atoms with Gasteiger partial charge in [-0.05, 0) is 33.3 Å². The third-order valence-electron chi connectivity index (χ3n) is 3.97. The van der Waals surface area contributed by atoms with Crippen molar-refractivity contribution in [2.75, 3.05) is 13.2 Å². The molecule has 0 fully saturated rings. The molecule has 0 aliphatic heterocycles.